The van der Waals surface area contributed by atoms with Gasteiger partial charge in [0.05, 0.1) is 29.0 Å². The van der Waals surface area contributed by atoms with E-state index in [1.807, 2.05) is 30.3 Å². The molecular formula is C18H13N7. The van der Waals surface area contributed by atoms with E-state index in [4.69, 9.17) is 5.26 Å². The molecule has 0 saturated heterocycles. The topological polar surface area (TPSA) is 102 Å². The van der Waals surface area contributed by atoms with Gasteiger partial charge in [0.25, 0.3) is 0 Å². The van der Waals surface area contributed by atoms with Crippen LogP contribution in [0.4, 0.5) is 23.1 Å². The Morgan fingerprint density at radius 1 is 1.00 bits per heavy atom. The maximum Gasteiger partial charge on any atom is 0.229 e. The summed E-state index contributed by atoms with van der Waals surface area (Å²) >= 11 is 0. The molecule has 0 spiro atoms. The predicted molar refractivity (Wildman–Crippen MR) is 95.8 cm³/mol. The largest absolute Gasteiger partial charge is 0.339 e. The van der Waals surface area contributed by atoms with Crippen LogP contribution in [0, 0.1) is 11.3 Å². The smallest absolute Gasteiger partial charge is 0.229 e. The summed E-state index contributed by atoms with van der Waals surface area (Å²) in [6.07, 6.45) is 3.45. The number of H-pyrrole nitrogens is 1. The third-order valence-corrected chi connectivity index (χ3v) is 3.67. The summed E-state index contributed by atoms with van der Waals surface area (Å²) in [6.45, 7) is 0. The number of rotatable bonds is 4. The van der Waals surface area contributed by atoms with Crippen molar-refractivity contribution in [1.29, 1.82) is 5.26 Å². The summed E-state index contributed by atoms with van der Waals surface area (Å²) in [6, 6.07) is 16.9. The van der Waals surface area contributed by atoms with Crippen molar-refractivity contribution in [3.8, 4) is 6.07 Å². The molecule has 0 aliphatic heterocycles. The molecule has 0 unspecified atom stereocenters. The first-order valence-electron chi connectivity index (χ1n) is 7.61. The highest BCUT2D eigenvalue weighted by molar-refractivity contribution is 5.92. The van der Waals surface area contributed by atoms with Crippen molar-refractivity contribution >= 4 is 34.0 Å². The van der Waals surface area contributed by atoms with E-state index in [1.165, 1.54) is 0 Å². The highest BCUT2D eigenvalue weighted by atomic mass is 15.1. The van der Waals surface area contributed by atoms with E-state index in [-0.39, 0.29) is 0 Å². The second-order valence-corrected chi connectivity index (χ2v) is 5.34. The van der Waals surface area contributed by atoms with Gasteiger partial charge in [-0.3, -0.25) is 5.10 Å². The highest BCUT2D eigenvalue weighted by Crippen LogP contribution is 2.24. The van der Waals surface area contributed by atoms with Crippen LogP contribution in [-0.4, -0.2) is 20.2 Å². The van der Waals surface area contributed by atoms with E-state index in [0.29, 0.717) is 17.3 Å². The predicted octanol–water partition coefficient (Wildman–Crippen LogP) is 3.71. The second-order valence-electron chi connectivity index (χ2n) is 5.34. The summed E-state index contributed by atoms with van der Waals surface area (Å²) in [4.78, 5) is 8.69. The van der Waals surface area contributed by atoms with Gasteiger partial charge in [-0.2, -0.15) is 15.3 Å². The molecule has 2 heterocycles. The molecule has 0 amide bonds. The van der Waals surface area contributed by atoms with Crippen LogP contribution in [0.25, 0.3) is 10.9 Å². The lowest BCUT2D eigenvalue weighted by atomic mass is 10.2. The van der Waals surface area contributed by atoms with Gasteiger partial charge in [-0.1, -0.05) is 6.07 Å². The number of nitrogens with one attached hydrogen (secondary N) is 3. The zero-order chi connectivity index (χ0) is 17.1. The Balaban J connectivity index is 1.57. The van der Waals surface area contributed by atoms with E-state index >= 15 is 0 Å². The van der Waals surface area contributed by atoms with Gasteiger partial charge < -0.3 is 10.6 Å². The van der Waals surface area contributed by atoms with Crippen molar-refractivity contribution in [2.75, 3.05) is 10.6 Å². The Labute approximate surface area is 143 Å². The molecule has 120 valence electrons. The van der Waals surface area contributed by atoms with Gasteiger partial charge in [0.2, 0.25) is 5.95 Å². The first-order chi connectivity index (χ1) is 12.3. The van der Waals surface area contributed by atoms with Crippen molar-refractivity contribution < 1.29 is 0 Å². The van der Waals surface area contributed by atoms with Crippen molar-refractivity contribution in [1.82, 2.24) is 20.2 Å². The first kappa shape index (κ1) is 14.7. The Morgan fingerprint density at radius 3 is 2.72 bits per heavy atom. The van der Waals surface area contributed by atoms with E-state index in [1.54, 1.807) is 30.6 Å². The molecule has 7 heteroatoms. The van der Waals surface area contributed by atoms with Gasteiger partial charge in [-0.05, 0) is 42.5 Å². The normalized spacial score (nSPS) is 10.4. The number of nitriles is 1. The Kier molecular flexibility index (Phi) is 3.69. The fourth-order valence-corrected chi connectivity index (χ4v) is 2.46. The van der Waals surface area contributed by atoms with Crippen molar-refractivity contribution in [3.63, 3.8) is 0 Å². The molecule has 2 aromatic carbocycles. The summed E-state index contributed by atoms with van der Waals surface area (Å²) in [5, 5.41) is 23.2. The summed E-state index contributed by atoms with van der Waals surface area (Å²) < 4.78 is 0. The van der Waals surface area contributed by atoms with Crippen molar-refractivity contribution in [3.05, 3.63) is 66.5 Å². The maximum atomic E-state index is 8.84. The minimum Gasteiger partial charge on any atom is -0.339 e. The lowest BCUT2D eigenvalue weighted by Gasteiger charge is -2.09. The van der Waals surface area contributed by atoms with Gasteiger partial charge in [0.15, 0.2) is 0 Å². The number of nitrogens with zero attached hydrogens (tertiary/aromatic N) is 4. The van der Waals surface area contributed by atoms with Crippen LogP contribution in [0.2, 0.25) is 0 Å². The molecule has 0 atom stereocenters. The molecule has 0 aliphatic rings. The van der Waals surface area contributed by atoms with E-state index in [0.717, 1.165) is 22.3 Å². The number of benzene rings is 2. The lowest BCUT2D eigenvalue weighted by Crippen LogP contribution is -2.00. The summed E-state index contributed by atoms with van der Waals surface area (Å²) in [5.74, 6) is 1.13. The zero-order valence-corrected chi connectivity index (χ0v) is 13.1. The van der Waals surface area contributed by atoms with Crippen LogP contribution in [0.5, 0.6) is 0 Å². The van der Waals surface area contributed by atoms with Gasteiger partial charge in [-0.25, -0.2) is 4.98 Å². The van der Waals surface area contributed by atoms with Gasteiger partial charge >= 0.3 is 0 Å². The number of aromatic amines is 1. The molecule has 25 heavy (non-hydrogen) atoms. The van der Waals surface area contributed by atoms with Gasteiger partial charge in [0, 0.05) is 17.3 Å². The molecule has 0 fully saturated rings. The maximum absolute atomic E-state index is 8.84. The van der Waals surface area contributed by atoms with E-state index in [9.17, 15) is 0 Å². The second kappa shape index (κ2) is 6.29. The summed E-state index contributed by atoms with van der Waals surface area (Å²) in [5.41, 5.74) is 3.28. The molecule has 0 radical (unpaired) electrons. The molecule has 2 aromatic heterocycles. The third kappa shape index (κ3) is 3.09. The molecule has 0 aliphatic carbocycles. The number of fused-ring (bicyclic) bond motifs is 1. The molecule has 7 nitrogen and oxygen atoms in total. The number of anilines is 4. The number of aromatic nitrogens is 4. The monoisotopic (exact) mass is 327 g/mol. The quantitative estimate of drug-likeness (QED) is 0.528. The number of hydrogen-bond donors (Lipinski definition) is 3. The van der Waals surface area contributed by atoms with Crippen LogP contribution < -0.4 is 10.6 Å². The molecule has 4 rings (SSSR count). The minimum atomic E-state index is 0.467. The summed E-state index contributed by atoms with van der Waals surface area (Å²) in [7, 11) is 0. The average molecular weight is 327 g/mol. The van der Waals surface area contributed by atoms with Crippen LogP contribution in [0.3, 0.4) is 0 Å². The van der Waals surface area contributed by atoms with Crippen LogP contribution in [0.15, 0.2) is 60.9 Å². The van der Waals surface area contributed by atoms with Crippen LogP contribution in [-0.2, 0) is 0 Å². The number of hydrogen-bond acceptors (Lipinski definition) is 6. The van der Waals surface area contributed by atoms with Crippen LogP contribution in [0.1, 0.15) is 5.56 Å². The fourth-order valence-electron chi connectivity index (χ4n) is 2.46. The Morgan fingerprint density at radius 2 is 1.88 bits per heavy atom. The molecule has 4 aromatic rings. The molecule has 3 N–H and O–H groups in total. The van der Waals surface area contributed by atoms with Crippen molar-refractivity contribution in [2.45, 2.75) is 0 Å². The van der Waals surface area contributed by atoms with Crippen LogP contribution >= 0.6 is 0 Å². The Bertz CT molecular complexity index is 1060. The average Bonchev–Trinajstić information content (AvgIpc) is 3.13. The zero-order valence-electron chi connectivity index (χ0n) is 13.1. The van der Waals surface area contributed by atoms with Gasteiger partial charge in [-0.15, -0.1) is 0 Å². The minimum absolute atomic E-state index is 0.467. The van der Waals surface area contributed by atoms with Crippen molar-refractivity contribution in [2.24, 2.45) is 0 Å². The lowest BCUT2D eigenvalue weighted by molar-refractivity contribution is 1.12. The molecular weight excluding hydrogens is 314 g/mol. The van der Waals surface area contributed by atoms with E-state index in [2.05, 4.69) is 36.9 Å². The third-order valence-electron chi connectivity index (χ3n) is 3.67. The first-order valence-corrected chi connectivity index (χ1v) is 7.61. The highest BCUT2D eigenvalue weighted by Gasteiger charge is 2.05. The molecule has 0 saturated carbocycles. The SMILES string of the molecule is N#Cc1ccc(Nc2nccc(Nc3cccc4[nH]ncc34)n2)cc1. The van der Waals surface area contributed by atoms with Gasteiger partial charge in [0.1, 0.15) is 5.82 Å². The Hall–Kier alpha value is -3.92. The fraction of sp³-hybridized carbons (Fsp3) is 0. The standard InChI is InChI=1S/C18H13N7/c19-10-12-4-6-13(7-5-12)22-18-20-9-8-17(24-18)23-15-2-1-3-16-14(15)11-21-25-16/h1-9,11H,(H,21,25)(H2,20,22,23,24). The molecule has 0 bridgehead atoms. The van der Waals surface area contributed by atoms with E-state index < -0.39 is 0 Å².